The number of nitrogens with zero attached hydrogens (tertiary/aromatic N) is 3. The molecule has 0 atom stereocenters. The van der Waals surface area contributed by atoms with Crippen LogP contribution in [0.3, 0.4) is 0 Å². The molecule has 2 aromatic carbocycles. The Morgan fingerprint density at radius 1 is 1.26 bits per heavy atom. The Morgan fingerprint density at radius 3 is 2.59 bits per heavy atom. The van der Waals surface area contributed by atoms with Crippen molar-refractivity contribution in [3.05, 3.63) is 63.7 Å². The van der Waals surface area contributed by atoms with E-state index in [1.807, 2.05) is 12.1 Å². The predicted octanol–water partition coefficient (Wildman–Crippen LogP) is 3.37. The van der Waals surface area contributed by atoms with Gasteiger partial charge in [-0.2, -0.15) is 5.26 Å². The molecule has 7 heteroatoms. The highest BCUT2D eigenvalue weighted by Crippen LogP contribution is 2.30. The minimum Gasteiger partial charge on any atom is -0.393 e. The summed E-state index contributed by atoms with van der Waals surface area (Å²) in [6, 6.07) is 15.4. The molecule has 1 saturated heterocycles. The van der Waals surface area contributed by atoms with E-state index in [4.69, 9.17) is 11.0 Å². The molecular formula is C20H23N5O2. The summed E-state index contributed by atoms with van der Waals surface area (Å²) in [6.45, 7) is 3.84. The molecule has 3 N–H and O–H groups in total. The van der Waals surface area contributed by atoms with Crippen LogP contribution in [-0.4, -0.2) is 29.5 Å². The molecule has 0 spiro atoms. The van der Waals surface area contributed by atoms with Gasteiger partial charge < -0.3 is 11.1 Å². The maximum atomic E-state index is 11.0. The minimum absolute atomic E-state index is 0.0132. The van der Waals surface area contributed by atoms with Crippen LogP contribution in [0.2, 0.25) is 0 Å². The van der Waals surface area contributed by atoms with Gasteiger partial charge in [0.2, 0.25) is 0 Å². The fourth-order valence-corrected chi connectivity index (χ4v) is 3.50. The van der Waals surface area contributed by atoms with E-state index >= 15 is 0 Å². The predicted molar refractivity (Wildman–Crippen MR) is 105 cm³/mol. The average molecular weight is 365 g/mol. The van der Waals surface area contributed by atoms with Crippen LogP contribution in [0.15, 0.2) is 42.5 Å². The van der Waals surface area contributed by atoms with Gasteiger partial charge in [0.15, 0.2) is 0 Å². The molecule has 0 unspecified atom stereocenters. The van der Waals surface area contributed by atoms with Crippen LogP contribution in [0.5, 0.6) is 0 Å². The molecule has 1 aliphatic heterocycles. The first-order valence-electron chi connectivity index (χ1n) is 9.05. The van der Waals surface area contributed by atoms with Crippen LogP contribution < -0.4 is 11.1 Å². The second-order valence-electron chi connectivity index (χ2n) is 6.92. The molecule has 3 rings (SSSR count). The highest BCUT2D eigenvalue weighted by atomic mass is 16.6. The Labute approximate surface area is 158 Å². The Kier molecular flexibility index (Phi) is 5.89. The number of rotatable bonds is 6. The number of piperidine rings is 1. The standard InChI is InChI=1S/C20H23N5O2/c21-12-17-10-18(11-19(22)20(17)25(26)27)23-13-15-6-8-24(9-7-15)14-16-4-2-1-3-5-16/h1-5,10-11,15,23H,6-9,13-14,22H2. The third-order valence-corrected chi connectivity index (χ3v) is 4.99. The maximum absolute atomic E-state index is 11.0. The lowest BCUT2D eigenvalue weighted by atomic mass is 9.96. The van der Waals surface area contributed by atoms with E-state index < -0.39 is 4.92 Å². The van der Waals surface area contributed by atoms with Crippen LogP contribution in [0.1, 0.15) is 24.0 Å². The van der Waals surface area contributed by atoms with Gasteiger partial charge in [-0.3, -0.25) is 15.0 Å². The largest absolute Gasteiger partial charge is 0.393 e. The molecule has 0 radical (unpaired) electrons. The Hall–Kier alpha value is -3.11. The third kappa shape index (κ3) is 4.74. The smallest absolute Gasteiger partial charge is 0.309 e. The number of benzene rings is 2. The molecule has 7 nitrogen and oxygen atoms in total. The summed E-state index contributed by atoms with van der Waals surface area (Å²) in [7, 11) is 0. The van der Waals surface area contributed by atoms with E-state index in [1.165, 1.54) is 17.7 Å². The van der Waals surface area contributed by atoms with Gasteiger partial charge >= 0.3 is 5.69 Å². The zero-order valence-corrected chi connectivity index (χ0v) is 15.1. The molecule has 0 saturated carbocycles. The number of nitrogen functional groups attached to an aromatic ring is 1. The van der Waals surface area contributed by atoms with E-state index in [0.29, 0.717) is 11.6 Å². The van der Waals surface area contributed by atoms with E-state index in [9.17, 15) is 10.1 Å². The van der Waals surface area contributed by atoms with Crippen molar-refractivity contribution in [2.75, 3.05) is 30.7 Å². The SMILES string of the molecule is N#Cc1cc(NCC2CCN(Cc3ccccc3)CC2)cc(N)c1[N+](=O)[O-]. The van der Waals surface area contributed by atoms with Crippen molar-refractivity contribution < 1.29 is 4.92 Å². The minimum atomic E-state index is -0.611. The van der Waals surface area contributed by atoms with Crippen LogP contribution in [0, 0.1) is 27.4 Å². The second-order valence-corrected chi connectivity index (χ2v) is 6.92. The molecule has 1 aliphatic rings. The van der Waals surface area contributed by atoms with Gasteiger partial charge in [0.1, 0.15) is 17.3 Å². The van der Waals surface area contributed by atoms with Crippen LogP contribution >= 0.6 is 0 Å². The lowest BCUT2D eigenvalue weighted by molar-refractivity contribution is -0.384. The first-order chi connectivity index (χ1) is 13.1. The molecule has 0 amide bonds. The lowest BCUT2D eigenvalue weighted by Crippen LogP contribution is -2.35. The summed E-state index contributed by atoms with van der Waals surface area (Å²) in [6.07, 6.45) is 2.18. The fraction of sp³-hybridized carbons (Fsp3) is 0.350. The van der Waals surface area contributed by atoms with Gasteiger partial charge in [-0.05, 0) is 49.5 Å². The fourth-order valence-electron chi connectivity index (χ4n) is 3.50. The molecule has 140 valence electrons. The van der Waals surface area contributed by atoms with Crippen molar-refractivity contribution in [2.24, 2.45) is 5.92 Å². The number of nitrogens with one attached hydrogen (secondary N) is 1. The van der Waals surface area contributed by atoms with Crippen LogP contribution in [0.25, 0.3) is 0 Å². The number of hydrogen-bond acceptors (Lipinski definition) is 6. The Bertz CT molecular complexity index is 839. The molecule has 2 aromatic rings. The van der Waals surface area contributed by atoms with Gasteiger partial charge in [0.05, 0.1) is 4.92 Å². The van der Waals surface area contributed by atoms with Crippen molar-refractivity contribution in [2.45, 2.75) is 19.4 Å². The summed E-state index contributed by atoms with van der Waals surface area (Å²) < 4.78 is 0. The second kappa shape index (κ2) is 8.52. The molecule has 1 heterocycles. The van der Waals surface area contributed by atoms with E-state index in [1.54, 1.807) is 0 Å². The number of anilines is 2. The van der Waals surface area contributed by atoms with Crippen molar-refractivity contribution in [1.82, 2.24) is 4.90 Å². The number of likely N-dealkylation sites (tertiary alicyclic amines) is 1. The van der Waals surface area contributed by atoms with E-state index in [2.05, 4.69) is 34.5 Å². The zero-order chi connectivity index (χ0) is 19.2. The van der Waals surface area contributed by atoms with Crippen molar-refractivity contribution in [1.29, 1.82) is 5.26 Å². The highest BCUT2D eigenvalue weighted by molar-refractivity contribution is 5.72. The molecule has 0 aromatic heterocycles. The van der Waals surface area contributed by atoms with Crippen LogP contribution in [-0.2, 0) is 6.54 Å². The maximum Gasteiger partial charge on any atom is 0.309 e. The Morgan fingerprint density at radius 2 is 1.96 bits per heavy atom. The number of hydrogen-bond donors (Lipinski definition) is 2. The summed E-state index contributed by atoms with van der Waals surface area (Å²) in [4.78, 5) is 12.9. The molecule has 0 bridgehead atoms. The lowest BCUT2D eigenvalue weighted by Gasteiger charge is -2.32. The number of nitrogens with two attached hydrogens (primary N) is 1. The normalized spacial score (nSPS) is 15.2. The number of nitro benzene ring substituents is 1. The van der Waals surface area contributed by atoms with E-state index in [0.717, 1.165) is 39.0 Å². The third-order valence-electron chi connectivity index (χ3n) is 4.99. The Balaban J connectivity index is 1.52. The van der Waals surface area contributed by atoms with Crippen molar-refractivity contribution >= 4 is 17.1 Å². The monoisotopic (exact) mass is 365 g/mol. The molecule has 1 fully saturated rings. The van der Waals surface area contributed by atoms with Gasteiger partial charge in [-0.25, -0.2) is 0 Å². The number of nitro groups is 1. The first-order valence-corrected chi connectivity index (χ1v) is 9.05. The summed E-state index contributed by atoms with van der Waals surface area (Å²) in [5.41, 5.74) is 7.42. The summed E-state index contributed by atoms with van der Waals surface area (Å²) in [5.74, 6) is 0.527. The van der Waals surface area contributed by atoms with Gasteiger partial charge in [0, 0.05) is 18.8 Å². The molecule has 27 heavy (non-hydrogen) atoms. The van der Waals surface area contributed by atoms with Crippen molar-refractivity contribution in [3.63, 3.8) is 0 Å². The first kappa shape index (κ1) is 18.7. The molecular weight excluding hydrogens is 342 g/mol. The molecule has 0 aliphatic carbocycles. The average Bonchev–Trinajstić information content (AvgIpc) is 2.67. The van der Waals surface area contributed by atoms with Gasteiger partial charge in [-0.1, -0.05) is 30.3 Å². The van der Waals surface area contributed by atoms with Crippen molar-refractivity contribution in [3.8, 4) is 6.07 Å². The summed E-state index contributed by atoms with van der Waals surface area (Å²) >= 11 is 0. The topological polar surface area (TPSA) is 108 Å². The van der Waals surface area contributed by atoms with Crippen LogP contribution in [0.4, 0.5) is 17.1 Å². The quantitative estimate of drug-likeness (QED) is 0.461. The zero-order valence-electron chi connectivity index (χ0n) is 15.1. The highest BCUT2D eigenvalue weighted by Gasteiger charge is 2.21. The van der Waals surface area contributed by atoms with Gasteiger partial charge in [0.25, 0.3) is 0 Å². The van der Waals surface area contributed by atoms with Gasteiger partial charge in [-0.15, -0.1) is 0 Å². The summed E-state index contributed by atoms with van der Waals surface area (Å²) in [5, 5.41) is 23.5. The number of nitriles is 1. The van der Waals surface area contributed by atoms with E-state index in [-0.39, 0.29) is 16.9 Å².